The molecule has 1 aromatic rings. The molecule has 1 saturated heterocycles. The topological polar surface area (TPSA) is 37.4 Å². The molecule has 4 nitrogen and oxygen atoms in total. The quantitative estimate of drug-likeness (QED) is 0.769. The first-order chi connectivity index (χ1) is 11.6. The van der Waals surface area contributed by atoms with Gasteiger partial charge in [0, 0.05) is 37.6 Å². The van der Waals surface area contributed by atoms with Gasteiger partial charge in [-0.2, -0.15) is 0 Å². The van der Waals surface area contributed by atoms with Crippen LogP contribution >= 0.6 is 12.2 Å². The molecule has 0 radical (unpaired) electrons. The molecule has 0 spiro atoms. The maximum absolute atomic E-state index is 5.84. The van der Waals surface area contributed by atoms with E-state index >= 15 is 0 Å². The average Bonchev–Trinajstić information content (AvgIpc) is 2.97. The molecule has 5 heteroatoms. The van der Waals surface area contributed by atoms with Crippen LogP contribution in [-0.4, -0.2) is 39.8 Å². The summed E-state index contributed by atoms with van der Waals surface area (Å²) >= 11 is 5.79. The van der Waals surface area contributed by atoms with E-state index in [-0.39, 0.29) is 17.1 Å². The Hall–Kier alpha value is -1.20. The fourth-order valence-electron chi connectivity index (χ4n) is 3.70. The molecule has 1 aromatic heterocycles. The molecule has 0 amide bonds. The molecule has 0 bridgehead atoms. The third kappa shape index (κ3) is 7.28. The van der Waals surface area contributed by atoms with E-state index in [1.165, 1.54) is 5.56 Å². The highest BCUT2D eigenvalue weighted by molar-refractivity contribution is 7.80. The molecule has 1 atom stereocenters. The van der Waals surface area contributed by atoms with Crippen molar-refractivity contribution < 1.29 is 4.74 Å². The molecule has 2 rings (SSSR count). The summed E-state index contributed by atoms with van der Waals surface area (Å²) in [5.74, 6) is 0. The van der Waals surface area contributed by atoms with Crippen LogP contribution in [0, 0.1) is 5.41 Å². The monoisotopic (exact) mass is 363 g/mol. The lowest BCUT2D eigenvalue weighted by atomic mass is 9.82. The zero-order valence-corrected chi connectivity index (χ0v) is 17.2. The Bertz CT molecular complexity index is 548. The summed E-state index contributed by atoms with van der Waals surface area (Å²) in [6, 6.07) is 4.07. The molecule has 0 unspecified atom stereocenters. The van der Waals surface area contributed by atoms with Crippen molar-refractivity contribution in [2.45, 2.75) is 72.1 Å². The van der Waals surface area contributed by atoms with Crippen molar-refractivity contribution in [3.05, 3.63) is 30.1 Å². The summed E-state index contributed by atoms with van der Waals surface area (Å²) in [4.78, 5) is 6.46. The van der Waals surface area contributed by atoms with Crippen molar-refractivity contribution in [2.75, 3.05) is 13.2 Å². The van der Waals surface area contributed by atoms with E-state index in [1.807, 2.05) is 12.3 Å². The van der Waals surface area contributed by atoms with E-state index in [1.54, 1.807) is 6.20 Å². The Kier molecular flexibility index (Phi) is 6.80. The molecule has 2 heterocycles. The van der Waals surface area contributed by atoms with Gasteiger partial charge in [-0.1, -0.05) is 26.8 Å². The fraction of sp³-hybridized carbons (Fsp3) is 0.700. The third-order valence-electron chi connectivity index (χ3n) is 4.25. The first-order valence-electron chi connectivity index (χ1n) is 9.22. The van der Waals surface area contributed by atoms with Crippen LogP contribution in [0.5, 0.6) is 0 Å². The lowest BCUT2D eigenvalue weighted by molar-refractivity contribution is 0.0889. The Morgan fingerprint density at radius 2 is 2.12 bits per heavy atom. The maximum atomic E-state index is 5.84. The molecule has 1 fully saturated rings. The summed E-state index contributed by atoms with van der Waals surface area (Å²) in [5, 5.41) is 4.39. The van der Waals surface area contributed by atoms with Gasteiger partial charge in [0.25, 0.3) is 0 Å². The first-order valence-corrected chi connectivity index (χ1v) is 9.63. The average molecular weight is 364 g/mol. The normalized spacial score (nSPS) is 18.2. The van der Waals surface area contributed by atoms with Crippen LogP contribution in [0.2, 0.25) is 0 Å². The van der Waals surface area contributed by atoms with Crippen LogP contribution in [0.3, 0.4) is 0 Å². The van der Waals surface area contributed by atoms with Gasteiger partial charge < -0.3 is 15.0 Å². The Morgan fingerprint density at radius 1 is 1.36 bits per heavy atom. The molecule has 0 aromatic carbocycles. The summed E-state index contributed by atoms with van der Waals surface area (Å²) in [7, 11) is 0. The van der Waals surface area contributed by atoms with Gasteiger partial charge in [-0.15, -0.1) is 0 Å². The number of aromatic nitrogens is 1. The highest BCUT2D eigenvalue weighted by Gasteiger charge is 2.28. The Morgan fingerprint density at radius 3 is 2.68 bits per heavy atom. The Labute approximate surface area is 158 Å². The zero-order chi connectivity index (χ0) is 18.5. The lowest BCUT2D eigenvalue weighted by Gasteiger charge is -2.37. The summed E-state index contributed by atoms with van der Waals surface area (Å²) < 4.78 is 5.84. The van der Waals surface area contributed by atoms with Crippen LogP contribution in [0.15, 0.2) is 24.5 Å². The van der Waals surface area contributed by atoms with Crippen molar-refractivity contribution in [1.29, 1.82) is 0 Å². The van der Waals surface area contributed by atoms with Crippen LogP contribution in [0.1, 0.15) is 59.4 Å². The predicted molar refractivity (Wildman–Crippen MR) is 108 cm³/mol. The minimum atomic E-state index is -0.0565. The molecule has 1 N–H and O–H groups in total. The standard InChI is InChI=1S/C20H33N3OS/c1-19(2,3)15-20(4,5)22-18(25)23(14-17-9-7-11-24-17)13-16-8-6-10-21-12-16/h6,8,10,12,17H,7,9,11,13-15H2,1-5H3,(H,22,25)/t17-/m1/s1. The smallest absolute Gasteiger partial charge is 0.169 e. The summed E-state index contributed by atoms with van der Waals surface area (Å²) in [6.45, 7) is 13.7. The van der Waals surface area contributed by atoms with E-state index < -0.39 is 0 Å². The minimum Gasteiger partial charge on any atom is -0.376 e. The molecule has 0 saturated carbocycles. The number of thiocarbonyl (C=S) groups is 1. The van der Waals surface area contributed by atoms with Crippen LogP contribution in [0.25, 0.3) is 0 Å². The van der Waals surface area contributed by atoms with Gasteiger partial charge in [-0.05, 0) is 62.4 Å². The third-order valence-corrected chi connectivity index (χ3v) is 4.61. The molecule has 140 valence electrons. The number of pyridine rings is 1. The van der Waals surface area contributed by atoms with Crippen molar-refractivity contribution in [3.8, 4) is 0 Å². The van der Waals surface area contributed by atoms with E-state index in [4.69, 9.17) is 17.0 Å². The highest BCUT2D eigenvalue weighted by atomic mass is 32.1. The molecule has 0 aliphatic carbocycles. The van der Waals surface area contributed by atoms with Gasteiger partial charge in [0.15, 0.2) is 5.11 Å². The number of rotatable bonds is 6. The van der Waals surface area contributed by atoms with E-state index in [2.05, 4.69) is 55.9 Å². The molecule has 25 heavy (non-hydrogen) atoms. The maximum Gasteiger partial charge on any atom is 0.169 e. The second-order valence-electron chi connectivity index (χ2n) is 8.93. The summed E-state index contributed by atoms with van der Waals surface area (Å²) in [5.41, 5.74) is 1.35. The first kappa shape index (κ1) is 20.1. The molecular weight excluding hydrogens is 330 g/mol. The fourth-order valence-corrected chi connectivity index (χ4v) is 4.12. The van der Waals surface area contributed by atoms with Gasteiger partial charge in [0.2, 0.25) is 0 Å². The van der Waals surface area contributed by atoms with Gasteiger partial charge >= 0.3 is 0 Å². The van der Waals surface area contributed by atoms with E-state index in [0.29, 0.717) is 0 Å². The van der Waals surface area contributed by atoms with Crippen LogP contribution in [-0.2, 0) is 11.3 Å². The van der Waals surface area contributed by atoms with Gasteiger partial charge in [-0.25, -0.2) is 0 Å². The Balaban J connectivity index is 2.05. The van der Waals surface area contributed by atoms with Crippen molar-refractivity contribution in [1.82, 2.24) is 15.2 Å². The number of hydrogen-bond donors (Lipinski definition) is 1. The van der Waals surface area contributed by atoms with E-state index in [0.717, 1.165) is 44.1 Å². The molecule has 1 aliphatic heterocycles. The number of nitrogens with zero attached hydrogens (tertiary/aromatic N) is 2. The highest BCUT2D eigenvalue weighted by Crippen LogP contribution is 2.27. The van der Waals surface area contributed by atoms with Crippen LogP contribution < -0.4 is 5.32 Å². The van der Waals surface area contributed by atoms with Crippen molar-refractivity contribution >= 4 is 17.3 Å². The zero-order valence-electron chi connectivity index (χ0n) is 16.3. The van der Waals surface area contributed by atoms with Gasteiger partial charge in [0.05, 0.1) is 6.10 Å². The van der Waals surface area contributed by atoms with Crippen LogP contribution in [0.4, 0.5) is 0 Å². The number of nitrogens with one attached hydrogen (secondary N) is 1. The summed E-state index contributed by atoms with van der Waals surface area (Å²) in [6.07, 6.45) is 7.27. The number of hydrogen-bond acceptors (Lipinski definition) is 3. The van der Waals surface area contributed by atoms with E-state index in [9.17, 15) is 0 Å². The largest absolute Gasteiger partial charge is 0.376 e. The molecule has 1 aliphatic rings. The predicted octanol–water partition coefficient (Wildman–Crippen LogP) is 4.15. The SMILES string of the molecule is CC(C)(C)CC(C)(C)NC(=S)N(Cc1cccnc1)C[C@H]1CCCO1. The second-order valence-corrected chi connectivity index (χ2v) is 9.31. The second kappa shape index (κ2) is 8.45. The molecular formula is C20H33N3OS. The van der Waals surface area contributed by atoms with Crippen molar-refractivity contribution in [3.63, 3.8) is 0 Å². The van der Waals surface area contributed by atoms with Gasteiger partial charge in [0.1, 0.15) is 0 Å². The minimum absolute atomic E-state index is 0.0565. The lowest BCUT2D eigenvalue weighted by Crippen LogP contribution is -2.52. The van der Waals surface area contributed by atoms with Gasteiger partial charge in [-0.3, -0.25) is 4.98 Å². The van der Waals surface area contributed by atoms with Crippen molar-refractivity contribution in [2.24, 2.45) is 5.41 Å². The number of ether oxygens (including phenoxy) is 1.